The van der Waals surface area contributed by atoms with Gasteiger partial charge < -0.3 is 16.4 Å². The van der Waals surface area contributed by atoms with E-state index in [1.807, 2.05) is 0 Å². The van der Waals surface area contributed by atoms with Crippen LogP contribution in [0.5, 0.6) is 0 Å². The van der Waals surface area contributed by atoms with Crippen molar-refractivity contribution in [3.05, 3.63) is 45.4 Å². The Balaban J connectivity index is 0.00000312. The molecular weight excluding hydrogens is 383 g/mol. The second kappa shape index (κ2) is 11.0. The number of nitrogens with two attached hydrogens (primary N) is 1. The van der Waals surface area contributed by atoms with Crippen molar-refractivity contribution in [2.45, 2.75) is 19.3 Å². The highest BCUT2D eigenvalue weighted by Gasteiger charge is 2.10. The van der Waals surface area contributed by atoms with Crippen molar-refractivity contribution in [3.8, 4) is 0 Å². The highest BCUT2D eigenvalue weighted by atomic mass is 35.5. The number of nitrogens with one attached hydrogen (secondary N) is 2. The first-order valence-electron chi connectivity index (χ1n) is 7.56. The molecule has 1 heterocycles. The molecule has 2 rings (SSSR count). The maximum absolute atomic E-state index is 11.9. The lowest BCUT2D eigenvalue weighted by Gasteiger charge is -2.06. The Hall–Kier alpha value is -1.67. The van der Waals surface area contributed by atoms with Gasteiger partial charge in [0.1, 0.15) is 5.69 Å². The number of hydrogen-bond acceptors (Lipinski definition) is 5. The molecule has 1 aromatic carbocycles. The van der Waals surface area contributed by atoms with E-state index in [1.54, 1.807) is 29.6 Å². The standard InChI is InChI=1S/C16H19ClN4O2S.ClH/c17-11-3-5-12(6-4-11)20-14(22)2-1-9-19-16(23)13-10-24-15(21-13)7-8-18;/h3-6,10H,1-2,7-9,18H2,(H,19,23)(H,20,22);1H. The second-order valence-corrected chi connectivity index (χ2v) is 6.46. The molecule has 0 saturated carbocycles. The van der Waals surface area contributed by atoms with Crippen molar-refractivity contribution in [1.82, 2.24) is 10.3 Å². The molecule has 25 heavy (non-hydrogen) atoms. The van der Waals surface area contributed by atoms with Crippen LogP contribution in [0, 0.1) is 0 Å². The first-order chi connectivity index (χ1) is 11.6. The molecule has 0 radical (unpaired) electrons. The van der Waals surface area contributed by atoms with Crippen LogP contribution < -0.4 is 16.4 Å². The molecule has 0 aliphatic rings. The van der Waals surface area contributed by atoms with Crippen LogP contribution in [-0.2, 0) is 11.2 Å². The van der Waals surface area contributed by atoms with E-state index < -0.39 is 0 Å². The van der Waals surface area contributed by atoms with E-state index in [-0.39, 0.29) is 24.2 Å². The number of anilines is 1. The van der Waals surface area contributed by atoms with Gasteiger partial charge in [0.25, 0.3) is 5.91 Å². The summed E-state index contributed by atoms with van der Waals surface area (Å²) in [5.41, 5.74) is 6.55. The van der Waals surface area contributed by atoms with Crippen molar-refractivity contribution in [1.29, 1.82) is 0 Å². The molecule has 0 aliphatic carbocycles. The number of amides is 2. The van der Waals surface area contributed by atoms with Crippen LogP contribution in [-0.4, -0.2) is 29.9 Å². The largest absolute Gasteiger partial charge is 0.351 e. The lowest BCUT2D eigenvalue weighted by molar-refractivity contribution is -0.116. The van der Waals surface area contributed by atoms with Gasteiger partial charge in [-0.15, -0.1) is 23.7 Å². The average molecular weight is 403 g/mol. The monoisotopic (exact) mass is 402 g/mol. The van der Waals surface area contributed by atoms with Gasteiger partial charge in [0.05, 0.1) is 5.01 Å². The minimum atomic E-state index is -0.229. The number of rotatable bonds is 8. The first kappa shape index (κ1) is 21.4. The fourth-order valence-electron chi connectivity index (χ4n) is 1.95. The lowest BCUT2D eigenvalue weighted by atomic mass is 10.2. The number of aromatic nitrogens is 1. The fraction of sp³-hybridized carbons (Fsp3) is 0.312. The van der Waals surface area contributed by atoms with E-state index in [0.717, 1.165) is 5.01 Å². The summed E-state index contributed by atoms with van der Waals surface area (Å²) in [6, 6.07) is 6.90. The molecule has 9 heteroatoms. The number of carbonyl (C=O) groups excluding carboxylic acids is 2. The normalized spacial score (nSPS) is 10.0. The summed E-state index contributed by atoms with van der Waals surface area (Å²) < 4.78 is 0. The van der Waals surface area contributed by atoms with Gasteiger partial charge in [0.15, 0.2) is 0 Å². The Morgan fingerprint density at radius 1 is 1.24 bits per heavy atom. The van der Waals surface area contributed by atoms with Crippen molar-refractivity contribution in [2.75, 3.05) is 18.4 Å². The minimum absolute atomic E-state index is 0. The van der Waals surface area contributed by atoms with Gasteiger partial charge in [-0.3, -0.25) is 9.59 Å². The first-order valence-corrected chi connectivity index (χ1v) is 8.82. The Bertz CT molecular complexity index is 692. The van der Waals surface area contributed by atoms with Crippen molar-refractivity contribution < 1.29 is 9.59 Å². The average Bonchev–Trinajstić information content (AvgIpc) is 3.03. The number of halogens is 2. The molecular formula is C16H20Cl2N4O2S. The topological polar surface area (TPSA) is 97.1 Å². The molecule has 0 saturated heterocycles. The maximum Gasteiger partial charge on any atom is 0.270 e. The van der Waals surface area contributed by atoms with E-state index in [9.17, 15) is 9.59 Å². The molecule has 4 N–H and O–H groups in total. The Morgan fingerprint density at radius 3 is 2.64 bits per heavy atom. The maximum atomic E-state index is 11.9. The third kappa shape index (κ3) is 7.39. The van der Waals surface area contributed by atoms with Gasteiger partial charge in [-0.1, -0.05) is 11.6 Å². The highest BCUT2D eigenvalue weighted by molar-refractivity contribution is 7.09. The van der Waals surface area contributed by atoms with Gasteiger partial charge in [-0.25, -0.2) is 4.98 Å². The van der Waals surface area contributed by atoms with Crippen LogP contribution in [0.15, 0.2) is 29.6 Å². The number of thiazole rings is 1. The van der Waals surface area contributed by atoms with E-state index in [0.29, 0.717) is 48.8 Å². The van der Waals surface area contributed by atoms with Crippen molar-refractivity contribution in [2.24, 2.45) is 5.73 Å². The smallest absolute Gasteiger partial charge is 0.270 e. The molecule has 1 aromatic heterocycles. The van der Waals surface area contributed by atoms with Crippen LogP contribution in [0.2, 0.25) is 5.02 Å². The third-order valence-electron chi connectivity index (χ3n) is 3.14. The summed E-state index contributed by atoms with van der Waals surface area (Å²) in [7, 11) is 0. The molecule has 6 nitrogen and oxygen atoms in total. The number of benzene rings is 1. The Kier molecular flexibility index (Phi) is 9.44. The lowest BCUT2D eigenvalue weighted by Crippen LogP contribution is -2.25. The van der Waals surface area contributed by atoms with Crippen LogP contribution in [0.1, 0.15) is 28.3 Å². The zero-order valence-corrected chi connectivity index (χ0v) is 15.8. The molecule has 0 bridgehead atoms. The molecule has 2 aromatic rings. The molecule has 2 amide bonds. The van der Waals surface area contributed by atoms with E-state index >= 15 is 0 Å². The summed E-state index contributed by atoms with van der Waals surface area (Å²) >= 11 is 7.21. The Morgan fingerprint density at radius 2 is 1.96 bits per heavy atom. The molecule has 0 spiro atoms. The summed E-state index contributed by atoms with van der Waals surface area (Å²) in [4.78, 5) is 27.9. The Labute approximate surface area is 161 Å². The number of carbonyl (C=O) groups is 2. The van der Waals surface area contributed by atoms with Crippen molar-refractivity contribution in [3.63, 3.8) is 0 Å². The molecule has 0 unspecified atom stereocenters. The second-order valence-electron chi connectivity index (χ2n) is 5.08. The van der Waals surface area contributed by atoms with Crippen LogP contribution in [0.3, 0.4) is 0 Å². The van der Waals surface area contributed by atoms with E-state index in [2.05, 4.69) is 15.6 Å². The van der Waals surface area contributed by atoms with Crippen molar-refractivity contribution >= 4 is 52.8 Å². The minimum Gasteiger partial charge on any atom is -0.351 e. The predicted molar refractivity (Wildman–Crippen MR) is 104 cm³/mol. The van der Waals surface area contributed by atoms with Crippen LogP contribution >= 0.6 is 35.3 Å². The zero-order valence-electron chi connectivity index (χ0n) is 13.5. The van der Waals surface area contributed by atoms with Gasteiger partial charge in [0.2, 0.25) is 5.91 Å². The quantitative estimate of drug-likeness (QED) is 0.591. The van der Waals surface area contributed by atoms with Crippen LogP contribution in [0.4, 0.5) is 5.69 Å². The van der Waals surface area contributed by atoms with E-state index in [4.69, 9.17) is 17.3 Å². The van der Waals surface area contributed by atoms with Gasteiger partial charge in [-0.2, -0.15) is 0 Å². The third-order valence-corrected chi connectivity index (χ3v) is 4.30. The summed E-state index contributed by atoms with van der Waals surface area (Å²) in [5, 5.41) is 8.72. The SMILES string of the molecule is Cl.NCCc1nc(C(=O)NCCCC(=O)Nc2ccc(Cl)cc2)cs1. The number of nitrogens with zero attached hydrogens (tertiary/aromatic N) is 1. The molecule has 0 fully saturated rings. The van der Waals surface area contributed by atoms with Gasteiger partial charge in [-0.05, 0) is 37.2 Å². The summed E-state index contributed by atoms with van der Waals surface area (Å²) in [5.74, 6) is -0.335. The van der Waals surface area contributed by atoms with E-state index in [1.165, 1.54) is 11.3 Å². The predicted octanol–water partition coefficient (Wildman–Crippen LogP) is 2.87. The summed E-state index contributed by atoms with van der Waals surface area (Å²) in [6.45, 7) is 0.925. The number of hydrogen-bond donors (Lipinski definition) is 3. The van der Waals surface area contributed by atoms with Crippen LogP contribution in [0.25, 0.3) is 0 Å². The zero-order chi connectivity index (χ0) is 17.4. The van der Waals surface area contributed by atoms with Gasteiger partial charge in [0, 0.05) is 35.5 Å². The highest BCUT2D eigenvalue weighted by Crippen LogP contribution is 2.13. The summed E-state index contributed by atoms with van der Waals surface area (Å²) in [6.07, 6.45) is 1.53. The fourth-order valence-corrected chi connectivity index (χ4v) is 2.87. The molecule has 0 atom stereocenters. The molecule has 0 aliphatic heterocycles. The van der Waals surface area contributed by atoms with Gasteiger partial charge >= 0.3 is 0 Å². The molecule has 136 valence electrons.